The third kappa shape index (κ3) is 1.98. The number of hydrogen-bond acceptors (Lipinski definition) is 2. The first kappa shape index (κ1) is 9.07. The molecule has 0 aliphatic heterocycles. The van der Waals surface area contributed by atoms with Gasteiger partial charge in [-0.3, -0.25) is 0 Å². The molecule has 0 saturated carbocycles. The highest BCUT2D eigenvalue weighted by Gasteiger charge is 1.97. The summed E-state index contributed by atoms with van der Waals surface area (Å²) in [4.78, 5) is 0. The molecular weight excluding hydrogens is 150 g/mol. The highest BCUT2D eigenvalue weighted by Crippen LogP contribution is 2.16. The summed E-state index contributed by atoms with van der Waals surface area (Å²) in [5.41, 5.74) is 3.55. The van der Waals surface area contributed by atoms with Crippen molar-refractivity contribution in [3.8, 4) is 0 Å². The van der Waals surface area contributed by atoms with Gasteiger partial charge in [0.15, 0.2) is 0 Å². The van der Waals surface area contributed by atoms with Gasteiger partial charge in [-0.2, -0.15) is 0 Å². The van der Waals surface area contributed by atoms with Gasteiger partial charge in [0.1, 0.15) is 0 Å². The Balaban J connectivity index is 2.89. The van der Waals surface area contributed by atoms with Gasteiger partial charge < -0.3 is 10.4 Å². The molecule has 1 aromatic rings. The zero-order valence-corrected chi connectivity index (χ0v) is 7.59. The zero-order chi connectivity index (χ0) is 8.97. The van der Waals surface area contributed by atoms with Crippen molar-refractivity contribution in [2.45, 2.75) is 13.3 Å². The van der Waals surface area contributed by atoms with Crippen LogP contribution >= 0.6 is 0 Å². The summed E-state index contributed by atoms with van der Waals surface area (Å²) in [5, 5.41) is 11.8. The number of aryl methyl sites for hydroxylation is 1. The second-order valence-electron chi connectivity index (χ2n) is 2.87. The minimum absolute atomic E-state index is 0.214. The van der Waals surface area contributed by atoms with Crippen molar-refractivity contribution in [2.24, 2.45) is 0 Å². The third-order valence-corrected chi connectivity index (χ3v) is 1.97. The van der Waals surface area contributed by atoms with Crippen molar-refractivity contribution in [3.63, 3.8) is 0 Å². The maximum absolute atomic E-state index is 8.73. The fourth-order valence-corrected chi connectivity index (χ4v) is 1.22. The van der Waals surface area contributed by atoms with Crippen molar-refractivity contribution >= 4 is 5.69 Å². The molecule has 0 aliphatic carbocycles. The molecular formula is C10H15NO. The van der Waals surface area contributed by atoms with Crippen LogP contribution in [0, 0.1) is 6.92 Å². The standard InChI is InChI=1S/C10H15NO/c1-8-3-4-9(5-6-12)7-10(8)11-2/h3-4,7,11-12H,5-6H2,1-2H3. The molecule has 0 unspecified atom stereocenters. The number of hydrogen-bond donors (Lipinski definition) is 2. The number of rotatable bonds is 3. The second kappa shape index (κ2) is 4.12. The Hall–Kier alpha value is -1.02. The van der Waals surface area contributed by atoms with E-state index in [0.717, 1.165) is 12.1 Å². The average Bonchev–Trinajstić information content (AvgIpc) is 2.09. The van der Waals surface area contributed by atoms with Crippen molar-refractivity contribution in [1.29, 1.82) is 0 Å². The highest BCUT2D eigenvalue weighted by atomic mass is 16.2. The van der Waals surface area contributed by atoms with Crippen molar-refractivity contribution < 1.29 is 5.11 Å². The lowest BCUT2D eigenvalue weighted by atomic mass is 10.1. The van der Waals surface area contributed by atoms with Crippen LogP contribution in [-0.4, -0.2) is 18.8 Å². The number of aliphatic hydroxyl groups excluding tert-OH is 1. The molecule has 0 heterocycles. The molecule has 0 spiro atoms. The topological polar surface area (TPSA) is 32.3 Å². The van der Waals surface area contributed by atoms with Gasteiger partial charge in [0, 0.05) is 19.3 Å². The fraction of sp³-hybridized carbons (Fsp3) is 0.400. The summed E-state index contributed by atoms with van der Waals surface area (Å²) < 4.78 is 0. The van der Waals surface area contributed by atoms with Crippen LogP contribution < -0.4 is 5.32 Å². The first-order chi connectivity index (χ1) is 5.77. The second-order valence-corrected chi connectivity index (χ2v) is 2.87. The summed E-state index contributed by atoms with van der Waals surface area (Å²) in [6.07, 6.45) is 0.731. The van der Waals surface area contributed by atoms with Crippen LogP contribution in [0.1, 0.15) is 11.1 Å². The van der Waals surface area contributed by atoms with Crippen LogP contribution in [-0.2, 0) is 6.42 Å². The number of anilines is 1. The molecule has 1 aromatic carbocycles. The molecule has 0 atom stereocenters. The summed E-state index contributed by atoms with van der Waals surface area (Å²) in [5.74, 6) is 0. The Labute approximate surface area is 73.2 Å². The van der Waals surface area contributed by atoms with Gasteiger partial charge in [-0.15, -0.1) is 0 Å². The van der Waals surface area contributed by atoms with Gasteiger partial charge in [-0.25, -0.2) is 0 Å². The molecule has 0 radical (unpaired) electrons. The molecule has 2 N–H and O–H groups in total. The monoisotopic (exact) mass is 165 g/mol. The molecule has 12 heavy (non-hydrogen) atoms. The maximum Gasteiger partial charge on any atom is 0.0471 e. The minimum Gasteiger partial charge on any atom is -0.396 e. The smallest absolute Gasteiger partial charge is 0.0471 e. The van der Waals surface area contributed by atoms with Crippen molar-refractivity contribution in [1.82, 2.24) is 0 Å². The molecule has 1 rings (SSSR count). The lowest BCUT2D eigenvalue weighted by Gasteiger charge is -2.06. The maximum atomic E-state index is 8.73. The number of aliphatic hydroxyl groups is 1. The van der Waals surface area contributed by atoms with Crippen LogP contribution in [0.4, 0.5) is 5.69 Å². The van der Waals surface area contributed by atoms with E-state index in [2.05, 4.69) is 24.4 Å². The molecule has 0 fully saturated rings. The number of nitrogens with one attached hydrogen (secondary N) is 1. The van der Waals surface area contributed by atoms with Gasteiger partial charge in [0.25, 0.3) is 0 Å². The molecule has 2 heteroatoms. The SMILES string of the molecule is CNc1cc(CCO)ccc1C. The Morgan fingerprint density at radius 2 is 2.17 bits per heavy atom. The highest BCUT2D eigenvalue weighted by molar-refractivity contribution is 5.52. The van der Waals surface area contributed by atoms with E-state index in [1.165, 1.54) is 11.1 Å². The summed E-state index contributed by atoms with van der Waals surface area (Å²) in [6, 6.07) is 6.19. The van der Waals surface area contributed by atoms with Crippen LogP contribution in [0.5, 0.6) is 0 Å². The van der Waals surface area contributed by atoms with Gasteiger partial charge >= 0.3 is 0 Å². The summed E-state index contributed by atoms with van der Waals surface area (Å²) >= 11 is 0. The van der Waals surface area contributed by atoms with Crippen LogP contribution in [0.2, 0.25) is 0 Å². The van der Waals surface area contributed by atoms with Crippen molar-refractivity contribution in [2.75, 3.05) is 19.0 Å². The minimum atomic E-state index is 0.214. The number of benzene rings is 1. The van der Waals surface area contributed by atoms with Gasteiger partial charge in [-0.05, 0) is 30.5 Å². The van der Waals surface area contributed by atoms with Gasteiger partial charge in [0.05, 0.1) is 0 Å². The average molecular weight is 165 g/mol. The zero-order valence-electron chi connectivity index (χ0n) is 7.59. The van der Waals surface area contributed by atoms with E-state index in [1.54, 1.807) is 0 Å². The first-order valence-corrected chi connectivity index (χ1v) is 4.16. The lowest BCUT2D eigenvalue weighted by Crippen LogP contribution is -1.95. The lowest BCUT2D eigenvalue weighted by molar-refractivity contribution is 0.299. The first-order valence-electron chi connectivity index (χ1n) is 4.16. The molecule has 0 aromatic heterocycles. The molecule has 0 aliphatic rings. The molecule has 0 amide bonds. The molecule has 66 valence electrons. The Kier molecular flexibility index (Phi) is 3.11. The third-order valence-electron chi connectivity index (χ3n) is 1.97. The van der Waals surface area contributed by atoms with E-state index in [-0.39, 0.29) is 6.61 Å². The van der Waals surface area contributed by atoms with E-state index in [1.807, 2.05) is 13.1 Å². The molecule has 0 saturated heterocycles. The van der Waals surface area contributed by atoms with Gasteiger partial charge in [0.2, 0.25) is 0 Å². The Bertz CT molecular complexity index is 258. The van der Waals surface area contributed by atoms with Crippen molar-refractivity contribution in [3.05, 3.63) is 29.3 Å². The Morgan fingerprint density at radius 1 is 1.42 bits per heavy atom. The van der Waals surface area contributed by atoms with Crippen LogP contribution in [0.25, 0.3) is 0 Å². The summed E-state index contributed by atoms with van der Waals surface area (Å²) in [7, 11) is 1.91. The molecule has 0 bridgehead atoms. The normalized spacial score (nSPS) is 9.92. The van der Waals surface area contributed by atoms with E-state index in [9.17, 15) is 0 Å². The molecule has 2 nitrogen and oxygen atoms in total. The van der Waals surface area contributed by atoms with E-state index >= 15 is 0 Å². The van der Waals surface area contributed by atoms with E-state index < -0.39 is 0 Å². The predicted octanol–water partition coefficient (Wildman–Crippen LogP) is 1.57. The van der Waals surface area contributed by atoms with E-state index in [0.29, 0.717) is 0 Å². The Morgan fingerprint density at radius 3 is 2.75 bits per heavy atom. The van der Waals surface area contributed by atoms with Crippen LogP contribution in [0.3, 0.4) is 0 Å². The largest absolute Gasteiger partial charge is 0.396 e. The predicted molar refractivity (Wildman–Crippen MR) is 51.5 cm³/mol. The fourth-order valence-electron chi connectivity index (χ4n) is 1.22. The summed E-state index contributed by atoms with van der Waals surface area (Å²) in [6.45, 7) is 2.28. The quantitative estimate of drug-likeness (QED) is 0.712. The van der Waals surface area contributed by atoms with E-state index in [4.69, 9.17) is 5.11 Å². The van der Waals surface area contributed by atoms with Gasteiger partial charge in [-0.1, -0.05) is 12.1 Å². The van der Waals surface area contributed by atoms with Crippen LogP contribution in [0.15, 0.2) is 18.2 Å².